The van der Waals surface area contributed by atoms with Crippen LogP contribution >= 0.6 is 0 Å². The van der Waals surface area contributed by atoms with Crippen LogP contribution in [0.15, 0.2) is 18.3 Å². The molecule has 0 aromatic carbocycles. The molecule has 0 unspecified atom stereocenters. The maximum absolute atomic E-state index is 13.2. The minimum atomic E-state index is -0.393. The van der Waals surface area contributed by atoms with Gasteiger partial charge in [0.25, 0.3) is 0 Å². The quantitative estimate of drug-likeness (QED) is 0.724. The van der Waals surface area contributed by atoms with Crippen LogP contribution in [-0.2, 0) is 11.2 Å². The number of nitrogens with one attached hydrogen (secondary N) is 1. The van der Waals surface area contributed by atoms with Crippen LogP contribution in [0.1, 0.15) is 5.56 Å². The molecule has 0 aliphatic carbocycles. The molecular formula is C10H13FN2O. The molecule has 2 rings (SSSR count). The number of hydrogen-bond acceptors (Lipinski definition) is 3. The van der Waals surface area contributed by atoms with Gasteiger partial charge in [0, 0.05) is 38.4 Å². The van der Waals surface area contributed by atoms with Gasteiger partial charge in [0.2, 0.25) is 5.95 Å². The summed E-state index contributed by atoms with van der Waals surface area (Å²) in [6.45, 7) is 1.55. The third kappa shape index (κ3) is 1.63. The molecule has 1 N–H and O–H groups in total. The van der Waals surface area contributed by atoms with Gasteiger partial charge < -0.3 is 10.1 Å². The van der Waals surface area contributed by atoms with Gasteiger partial charge in [-0.05, 0) is 6.07 Å². The number of halogens is 1. The van der Waals surface area contributed by atoms with Gasteiger partial charge in [-0.1, -0.05) is 6.07 Å². The summed E-state index contributed by atoms with van der Waals surface area (Å²) in [5, 5.41) is 3.12. The summed E-state index contributed by atoms with van der Waals surface area (Å²) in [6, 6.07) is 3.50. The number of nitrogens with zero attached hydrogens (tertiary/aromatic N) is 1. The first-order chi connectivity index (χ1) is 6.76. The molecule has 0 spiro atoms. The Kier molecular flexibility index (Phi) is 2.48. The molecule has 0 amide bonds. The van der Waals surface area contributed by atoms with Crippen molar-refractivity contribution in [1.29, 1.82) is 0 Å². The second-order valence-electron chi connectivity index (χ2n) is 3.62. The monoisotopic (exact) mass is 196 g/mol. The van der Waals surface area contributed by atoms with Gasteiger partial charge in [-0.3, -0.25) is 0 Å². The number of hydrogen-bond donors (Lipinski definition) is 1. The molecule has 1 aliphatic heterocycles. The van der Waals surface area contributed by atoms with Gasteiger partial charge in [0.15, 0.2) is 0 Å². The zero-order valence-corrected chi connectivity index (χ0v) is 8.09. The number of methoxy groups -OCH3 is 1. The van der Waals surface area contributed by atoms with Crippen molar-refractivity contribution < 1.29 is 9.13 Å². The Hall–Kier alpha value is -1.00. The highest BCUT2D eigenvalue weighted by atomic mass is 19.1. The molecule has 1 fully saturated rings. The maximum Gasteiger partial charge on any atom is 0.216 e. The molecule has 1 aliphatic rings. The first-order valence-corrected chi connectivity index (χ1v) is 4.61. The van der Waals surface area contributed by atoms with Crippen molar-refractivity contribution in [1.82, 2.24) is 10.3 Å². The van der Waals surface area contributed by atoms with E-state index in [1.807, 2.05) is 0 Å². The summed E-state index contributed by atoms with van der Waals surface area (Å²) < 4.78 is 18.6. The third-order valence-electron chi connectivity index (χ3n) is 2.68. The van der Waals surface area contributed by atoms with E-state index in [2.05, 4.69) is 10.3 Å². The second kappa shape index (κ2) is 3.63. The Labute approximate surface area is 82.3 Å². The molecular weight excluding hydrogens is 183 g/mol. The van der Waals surface area contributed by atoms with Crippen molar-refractivity contribution in [2.75, 3.05) is 20.2 Å². The summed E-state index contributed by atoms with van der Waals surface area (Å²) >= 11 is 0. The van der Waals surface area contributed by atoms with Crippen LogP contribution in [0, 0.1) is 5.95 Å². The van der Waals surface area contributed by atoms with Crippen molar-refractivity contribution in [2.45, 2.75) is 12.0 Å². The van der Waals surface area contributed by atoms with Crippen LogP contribution in [0.5, 0.6) is 0 Å². The van der Waals surface area contributed by atoms with Crippen LogP contribution in [-0.4, -0.2) is 30.8 Å². The summed E-state index contributed by atoms with van der Waals surface area (Å²) in [5.41, 5.74) is 0.389. The number of rotatable bonds is 3. The van der Waals surface area contributed by atoms with E-state index in [1.54, 1.807) is 19.2 Å². The number of aromatic nitrogens is 1. The summed E-state index contributed by atoms with van der Waals surface area (Å²) in [7, 11) is 1.66. The highest BCUT2D eigenvalue weighted by Gasteiger charge is 2.37. The van der Waals surface area contributed by atoms with Crippen molar-refractivity contribution in [2.24, 2.45) is 0 Å². The van der Waals surface area contributed by atoms with Gasteiger partial charge >= 0.3 is 0 Å². The first kappa shape index (κ1) is 9.55. The van der Waals surface area contributed by atoms with Gasteiger partial charge in [-0.25, -0.2) is 4.98 Å². The van der Waals surface area contributed by atoms with Crippen molar-refractivity contribution in [3.05, 3.63) is 29.8 Å². The Morgan fingerprint density at radius 1 is 1.64 bits per heavy atom. The topological polar surface area (TPSA) is 34.1 Å². The summed E-state index contributed by atoms with van der Waals surface area (Å²) in [5.74, 6) is -0.393. The van der Waals surface area contributed by atoms with Crippen LogP contribution in [0.3, 0.4) is 0 Å². The van der Waals surface area contributed by atoms with E-state index >= 15 is 0 Å². The van der Waals surface area contributed by atoms with Crippen molar-refractivity contribution in [3.8, 4) is 0 Å². The van der Waals surface area contributed by atoms with Crippen LogP contribution in [0.25, 0.3) is 0 Å². The molecule has 2 heterocycles. The van der Waals surface area contributed by atoms with Crippen LogP contribution < -0.4 is 5.32 Å². The van der Waals surface area contributed by atoms with E-state index in [9.17, 15) is 4.39 Å². The Bertz CT molecular complexity index is 320. The highest BCUT2D eigenvalue weighted by Crippen LogP contribution is 2.22. The minimum absolute atomic E-state index is 0.232. The zero-order valence-electron chi connectivity index (χ0n) is 8.09. The van der Waals surface area contributed by atoms with Gasteiger partial charge in [-0.15, -0.1) is 0 Å². The minimum Gasteiger partial charge on any atom is -0.375 e. The molecule has 0 saturated carbocycles. The standard InChI is InChI=1S/C10H13FN2O/c1-14-10(6-12-7-10)5-8-3-2-4-13-9(8)11/h2-4,12H,5-7H2,1H3. The highest BCUT2D eigenvalue weighted by molar-refractivity contribution is 5.16. The average molecular weight is 196 g/mol. The molecule has 0 radical (unpaired) electrons. The zero-order chi connectivity index (χ0) is 10.0. The predicted molar refractivity (Wildman–Crippen MR) is 50.5 cm³/mol. The van der Waals surface area contributed by atoms with E-state index in [4.69, 9.17) is 4.74 Å². The molecule has 0 bridgehead atoms. The fourth-order valence-corrected chi connectivity index (χ4v) is 1.64. The smallest absolute Gasteiger partial charge is 0.216 e. The lowest BCUT2D eigenvalue weighted by Gasteiger charge is -2.41. The van der Waals surface area contributed by atoms with Gasteiger partial charge in [-0.2, -0.15) is 4.39 Å². The lowest BCUT2D eigenvalue weighted by Crippen LogP contribution is -2.62. The molecule has 76 valence electrons. The van der Waals surface area contributed by atoms with E-state index in [0.717, 1.165) is 13.1 Å². The molecule has 1 saturated heterocycles. The second-order valence-corrected chi connectivity index (χ2v) is 3.62. The molecule has 14 heavy (non-hydrogen) atoms. The van der Waals surface area contributed by atoms with Gasteiger partial charge in [0.05, 0.1) is 5.60 Å². The van der Waals surface area contributed by atoms with E-state index in [0.29, 0.717) is 12.0 Å². The summed E-state index contributed by atoms with van der Waals surface area (Å²) in [4.78, 5) is 3.61. The van der Waals surface area contributed by atoms with Crippen molar-refractivity contribution >= 4 is 0 Å². The molecule has 4 heteroatoms. The normalized spacial score (nSPS) is 19.0. The largest absolute Gasteiger partial charge is 0.375 e. The Morgan fingerprint density at radius 3 is 2.93 bits per heavy atom. The average Bonchev–Trinajstić information content (AvgIpc) is 2.14. The van der Waals surface area contributed by atoms with Gasteiger partial charge in [0.1, 0.15) is 0 Å². The van der Waals surface area contributed by atoms with E-state index in [1.165, 1.54) is 6.20 Å². The van der Waals surface area contributed by atoms with Crippen LogP contribution in [0.4, 0.5) is 4.39 Å². The lowest BCUT2D eigenvalue weighted by atomic mass is 9.89. The maximum atomic E-state index is 13.2. The summed E-state index contributed by atoms with van der Waals surface area (Å²) in [6.07, 6.45) is 2.04. The SMILES string of the molecule is COC1(Cc2cccnc2F)CNC1. The fraction of sp³-hybridized carbons (Fsp3) is 0.500. The van der Waals surface area contributed by atoms with Crippen molar-refractivity contribution in [3.63, 3.8) is 0 Å². The fourth-order valence-electron chi connectivity index (χ4n) is 1.64. The van der Waals surface area contributed by atoms with Crippen LogP contribution in [0.2, 0.25) is 0 Å². The number of pyridine rings is 1. The molecule has 3 nitrogen and oxygen atoms in total. The molecule has 1 aromatic heterocycles. The number of ether oxygens (including phenoxy) is 1. The van der Waals surface area contributed by atoms with E-state index < -0.39 is 5.95 Å². The Morgan fingerprint density at radius 2 is 2.43 bits per heavy atom. The Balaban J connectivity index is 2.13. The predicted octanol–water partition coefficient (Wildman–Crippen LogP) is 0.752. The third-order valence-corrected chi connectivity index (χ3v) is 2.68. The molecule has 1 aromatic rings. The molecule has 0 atom stereocenters. The first-order valence-electron chi connectivity index (χ1n) is 4.61. The lowest BCUT2D eigenvalue weighted by molar-refractivity contribution is -0.0508. The van der Waals surface area contributed by atoms with E-state index in [-0.39, 0.29) is 5.60 Å².